The van der Waals surface area contributed by atoms with Crippen LogP contribution in [-0.4, -0.2) is 37.6 Å². The van der Waals surface area contributed by atoms with Gasteiger partial charge in [0.05, 0.1) is 30.4 Å². The molecule has 1 aromatic carbocycles. The molecule has 0 saturated carbocycles. The Morgan fingerprint density at radius 3 is 2.35 bits per heavy atom. The number of piperazine rings is 1. The van der Waals surface area contributed by atoms with Crippen LogP contribution in [0.25, 0.3) is 0 Å². The van der Waals surface area contributed by atoms with E-state index in [9.17, 15) is 18.0 Å². The molecule has 0 aliphatic carbocycles. The molecule has 0 radical (unpaired) electrons. The van der Waals surface area contributed by atoms with Gasteiger partial charge in [0.25, 0.3) is 0 Å². The number of hydrogen-bond acceptors (Lipinski definition) is 6. The summed E-state index contributed by atoms with van der Waals surface area (Å²) in [5.41, 5.74) is 5.72. The Labute approximate surface area is 114 Å². The molecular formula is C11H10N4O4S. The number of hydrogen-bond donors (Lipinski definition) is 2. The lowest BCUT2D eigenvalue weighted by Gasteiger charge is -2.25. The third-order valence-electron chi connectivity index (χ3n) is 2.68. The first-order valence-electron chi connectivity index (χ1n) is 5.47. The molecule has 1 fully saturated rings. The Kier molecular flexibility index (Phi) is 3.44. The van der Waals surface area contributed by atoms with Gasteiger partial charge in [-0.25, -0.2) is 8.42 Å². The minimum Gasteiger partial charge on any atom is -0.398 e. The van der Waals surface area contributed by atoms with Crippen LogP contribution < -0.4 is 11.1 Å². The lowest BCUT2D eigenvalue weighted by molar-refractivity contribution is -0.134. The molecule has 3 N–H and O–H groups in total. The Balaban J connectivity index is 2.43. The first-order valence-corrected chi connectivity index (χ1v) is 6.91. The molecule has 0 bridgehead atoms. The van der Waals surface area contributed by atoms with Gasteiger partial charge in [0, 0.05) is 0 Å². The minimum atomic E-state index is -4.07. The van der Waals surface area contributed by atoms with Crippen LogP contribution in [0.2, 0.25) is 0 Å². The topological polar surface area (TPSA) is 133 Å². The number of nitriles is 1. The van der Waals surface area contributed by atoms with Crippen LogP contribution in [-0.2, 0) is 19.6 Å². The Hall–Kier alpha value is -2.44. The SMILES string of the molecule is N#Cc1ccc(S(=O)(=O)N2CC(=O)NC(=O)C2)c(N)c1. The highest BCUT2D eigenvalue weighted by Gasteiger charge is 2.33. The second-order valence-electron chi connectivity index (χ2n) is 4.11. The van der Waals surface area contributed by atoms with Crippen molar-refractivity contribution in [3.05, 3.63) is 23.8 Å². The maximum absolute atomic E-state index is 12.3. The van der Waals surface area contributed by atoms with Gasteiger partial charge in [-0.05, 0) is 18.2 Å². The molecule has 1 saturated heterocycles. The summed E-state index contributed by atoms with van der Waals surface area (Å²) in [5.74, 6) is -1.39. The molecule has 2 rings (SSSR count). The highest BCUT2D eigenvalue weighted by molar-refractivity contribution is 7.89. The van der Waals surface area contributed by atoms with E-state index in [4.69, 9.17) is 11.0 Å². The average Bonchev–Trinajstić information content (AvgIpc) is 2.37. The van der Waals surface area contributed by atoms with E-state index in [0.29, 0.717) is 0 Å². The lowest BCUT2D eigenvalue weighted by atomic mass is 10.2. The van der Waals surface area contributed by atoms with Crippen molar-refractivity contribution in [1.29, 1.82) is 5.26 Å². The molecule has 20 heavy (non-hydrogen) atoms. The number of anilines is 1. The van der Waals surface area contributed by atoms with Gasteiger partial charge in [-0.15, -0.1) is 0 Å². The third kappa shape index (κ3) is 2.47. The Morgan fingerprint density at radius 1 is 1.25 bits per heavy atom. The van der Waals surface area contributed by atoms with Crippen LogP contribution in [0.15, 0.2) is 23.1 Å². The zero-order valence-electron chi connectivity index (χ0n) is 10.2. The summed E-state index contributed by atoms with van der Waals surface area (Å²) in [5, 5.41) is 10.7. The zero-order valence-corrected chi connectivity index (χ0v) is 11.0. The summed E-state index contributed by atoms with van der Waals surface area (Å²) in [4.78, 5) is 22.2. The van der Waals surface area contributed by atoms with Gasteiger partial charge >= 0.3 is 0 Å². The van der Waals surface area contributed by atoms with Gasteiger partial charge in [0.15, 0.2) is 0 Å². The molecular weight excluding hydrogens is 284 g/mol. The first-order chi connectivity index (χ1) is 9.34. The number of rotatable bonds is 2. The largest absolute Gasteiger partial charge is 0.398 e. The number of carbonyl (C=O) groups excluding carboxylic acids is 2. The summed E-state index contributed by atoms with van der Waals surface area (Å²) >= 11 is 0. The smallest absolute Gasteiger partial charge is 0.246 e. The molecule has 0 aromatic heterocycles. The maximum atomic E-state index is 12.3. The van der Waals surface area contributed by atoms with Gasteiger partial charge < -0.3 is 5.73 Å². The number of nitrogen functional groups attached to an aromatic ring is 1. The highest BCUT2D eigenvalue weighted by atomic mass is 32.2. The predicted octanol–water partition coefficient (Wildman–Crippen LogP) is -1.21. The van der Waals surface area contributed by atoms with Crippen molar-refractivity contribution < 1.29 is 18.0 Å². The molecule has 1 aliphatic heterocycles. The van der Waals surface area contributed by atoms with E-state index in [2.05, 4.69) is 0 Å². The molecule has 2 amide bonds. The predicted molar refractivity (Wildman–Crippen MR) is 67.5 cm³/mol. The standard InChI is InChI=1S/C11H10N4O4S/c12-4-7-1-2-9(8(13)3-7)20(18,19)15-5-10(16)14-11(17)6-15/h1-3H,5-6,13H2,(H,14,16,17). The van der Waals surface area contributed by atoms with Crippen molar-refractivity contribution in [3.63, 3.8) is 0 Å². The van der Waals surface area contributed by atoms with Crippen molar-refractivity contribution in [2.24, 2.45) is 0 Å². The molecule has 1 aromatic rings. The molecule has 1 heterocycles. The monoisotopic (exact) mass is 294 g/mol. The van der Waals surface area contributed by atoms with Crippen LogP contribution in [0.1, 0.15) is 5.56 Å². The van der Waals surface area contributed by atoms with Crippen LogP contribution in [0.3, 0.4) is 0 Å². The Morgan fingerprint density at radius 2 is 1.85 bits per heavy atom. The number of nitrogens with one attached hydrogen (secondary N) is 1. The molecule has 9 heteroatoms. The second kappa shape index (κ2) is 4.92. The fourth-order valence-electron chi connectivity index (χ4n) is 1.77. The van der Waals surface area contributed by atoms with Crippen LogP contribution in [0, 0.1) is 11.3 Å². The van der Waals surface area contributed by atoms with Crippen LogP contribution in [0.5, 0.6) is 0 Å². The maximum Gasteiger partial charge on any atom is 0.246 e. The van der Waals surface area contributed by atoms with E-state index < -0.39 is 34.9 Å². The van der Waals surface area contributed by atoms with E-state index >= 15 is 0 Å². The van der Waals surface area contributed by atoms with Crippen LogP contribution in [0.4, 0.5) is 5.69 Å². The summed E-state index contributed by atoms with van der Waals surface area (Å²) < 4.78 is 25.4. The van der Waals surface area contributed by atoms with Gasteiger partial charge in [-0.3, -0.25) is 14.9 Å². The van der Waals surface area contributed by atoms with Gasteiger partial charge in [-0.1, -0.05) is 0 Å². The molecule has 0 spiro atoms. The fourth-order valence-corrected chi connectivity index (χ4v) is 3.22. The van der Waals surface area contributed by atoms with E-state index in [0.717, 1.165) is 4.31 Å². The summed E-state index contributed by atoms with van der Waals surface area (Å²) in [6.07, 6.45) is 0. The summed E-state index contributed by atoms with van der Waals surface area (Å²) in [6, 6.07) is 5.54. The van der Waals surface area contributed by atoms with Gasteiger partial charge in [0.2, 0.25) is 21.8 Å². The number of benzene rings is 1. The number of imide groups is 1. The number of nitrogens with two attached hydrogens (primary N) is 1. The van der Waals surface area contributed by atoms with E-state index in [1.807, 2.05) is 11.4 Å². The minimum absolute atomic E-state index is 0.109. The van der Waals surface area contributed by atoms with Crippen molar-refractivity contribution in [2.45, 2.75) is 4.90 Å². The second-order valence-corrected chi connectivity index (χ2v) is 6.02. The van der Waals surface area contributed by atoms with E-state index in [1.54, 1.807) is 0 Å². The third-order valence-corrected chi connectivity index (χ3v) is 4.54. The first kappa shape index (κ1) is 14.0. The number of carbonyl (C=O) groups is 2. The number of nitrogens with zero attached hydrogens (tertiary/aromatic N) is 2. The quantitative estimate of drug-likeness (QED) is 0.519. The zero-order chi connectivity index (χ0) is 14.9. The van der Waals surface area contributed by atoms with Gasteiger partial charge in [-0.2, -0.15) is 9.57 Å². The Bertz CT molecular complexity index is 719. The van der Waals surface area contributed by atoms with E-state index in [1.165, 1.54) is 18.2 Å². The van der Waals surface area contributed by atoms with Gasteiger partial charge in [0.1, 0.15) is 4.90 Å². The van der Waals surface area contributed by atoms with Crippen molar-refractivity contribution >= 4 is 27.5 Å². The van der Waals surface area contributed by atoms with Crippen molar-refractivity contribution in [3.8, 4) is 6.07 Å². The van der Waals surface area contributed by atoms with Crippen molar-refractivity contribution in [1.82, 2.24) is 9.62 Å². The highest BCUT2D eigenvalue weighted by Crippen LogP contribution is 2.23. The summed E-state index contributed by atoms with van der Waals surface area (Å²) in [7, 11) is -4.07. The fraction of sp³-hybridized carbons (Fsp3) is 0.182. The summed E-state index contributed by atoms with van der Waals surface area (Å²) in [6.45, 7) is -0.902. The van der Waals surface area contributed by atoms with Crippen molar-refractivity contribution in [2.75, 3.05) is 18.8 Å². The average molecular weight is 294 g/mol. The number of amides is 2. The lowest BCUT2D eigenvalue weighted by Crippen LogP contribution is -2.53. The molecule has 104 valence electrons. The van der Waals surface area contributed by atoms with Crippen LogP contribution >= 0.6 is 0 Å². The molecule has 1 aliphatic rings. The molecule has 0 atom stereocenters. The number of sulfonamides is 1. The molecule has 0 unspecified atom stereocenters. The van der Waals surface area contributed by atoms with E-state index in [-0.39, 0.29) is 16.1 Å². The normalized spacial score (nSPS) is 16.6. The molecule has 8 nitrogen and oxygen atoms in total.